The van der Waals surface area contributed by atoms with E-state index in [0.717, 1.165) is 48.3 Å². The summed E-state index contributed by atoms with van der Waals surface area (Å²) < 4.78 is 0. The molecule has 0 aliphatic carbocycles. The van der Waals surface area contributed by atoms with Crippen molar-refractivity contribution in [2.75, 3.05) is 38.1 Å². The van der Waals surface area contributed by atoms with Crippen molar-refractivity contribution in [2.45, 2.75) is 13.1 Å². The van der Waals surface area contributed by atoms with Crippen LogP contribution in [0.4, 0.5) is 5.69 Å². The average molecular weight is 441 g/mol. The molecule has 3 aromatic rings. The average Bonchev–Trinajstić information content (AvgIpc) is 3.23. The third kappa shape index (κ3) is 5.19. The van der Waals surface area contributed by atoms with Gasteiger partial charge in [0.25, 0.3) is 5.91 Å². The van der Waals surface area contributed by atoms with Gasteiger partial charge in [-0.15, -0.1) is 11.3 Å². The standard InChI is InChI=1S/C23H25ClN4OS/c1-26(15-18-5-3-2-4-6-18)23(29)21-17-30-22(25-21)16-27-11-13-28(14-12-27)20-9-7-19(24)8-10-20/h2-10,17H,11-16H2,1H3. The first-order valence-electron chi connectivity index (χ1n) is 10.0. The Kier molecular flexibility index (Phi) is 6.67. The SMILES string of the molecule is CN(Cc1ccccc1)C(=O)c1csc(CN2CCN(c3ccc(Cl)cc3)CC2)n1. The molecule has 0 radical (unpaired) electrons. The Bertz CT molecular complexity index is 968. The second-order valence-corrected chi connectivity index (χ2v) is 8.89. The number of piperazine rings is 1. The van der Waals surface area contributed by atoms with E-state index in [-0.39, 0.29) is 5.91 Å². The Labute approximate surface area is 186 Å². The van der Waals surface area contributed by atoms with Crippen molar-refractivity contribution in [2.24, 2.45) is 0 Å². The number of aromatic nitrogens is 1. The van der Waals surface area contributed by atoms with Crippen molar-refractivity contribution in [3.8, 4) is 0 Å². The molecule has 0 saturated carbocycles. The zero-order valence-corrected chi connectivity index (χ0v) is 18.6. The lowest BCUT2D eigenvalue weighted by atomic mass is 10.2. The molecule has 0 N–H and O–H groups in total. The van der Waals surface area contributed by atoms with Gasteiger partial charge >= 0.3 is 0 Å². The van der Waals surface area contributed by atoms with Crippen LogP contribution < -0.4 is 4.90 Å². The van der Waals surface area contributed by atoms with Gasteiger partial charge in [-0.05, 0) is 29.8 Å². The molecular weight excluding hydrogens is 416 g/mol. The van der Waals surface area contributed by atoms with Crippen molar-refractivity contribution in [1.29, 1.82) is 0 Å². The summed E-state index contributed by atoms with van der Waals surface area (Å²) in [7, 11) is 1.82. The molecule has 1 aromatic heterocycles. The maximum atomic E-state index is 12.7. The van der Waals surface area contributed by atoms with E-state index in [1.807, 2.05) is 54.9 Å². The summed E-state index contributed by atoms with van der Waals surface area (Å²) in [5, 5.41) is 3.63. The number of carbonyl (C=O) groups excluding carboxylic acids is 1. The molecule has 1 amide bonds. The lowest BCUT2D eigenvalue weighted by Gasteiger charge is -2.35. The van der Waals surface area contributed by atoms with Crippen molar-refractivity contribution in [3.05, 3.63) is 81.3 Å². The van der Waals surface area contributed by atoms with Crippen molar-refractivity contribution >= 4 is 34.5 Å². The van der Waals surface area contributed by atoms with Crippen LogP contribution in [0.2, 0.25) is 5.02 Å². The van der Waals surface area contributed by atoms with E-state index in [2.05, 4.69) is 26.9 Å². The minimum atomic E-state index is -0.0334. The maximum Gasteiger partial charge on any atom is 0.273 e. The first-order valence-corrected chi connectivity index (χ1v) is 11.3. The molecule has 0 unspecified atom stereocenters. The van der Waals surface area contributed by atoms with Gasteiger partial charge in [-0.1, -0.05) is 41.9 Å². The highest BCUT2D eigenvalue weighted by Crippen LogP contribution is 2.21. The molecular formula is C23H25ClN4OS. The van der Waals surface area contributed by atoms with E-state index in [1.54, 1.807) is 16.2 Å². The molecule has 0 atom stereocenters. The Hall–Kier alpha value is -2.41. The van der Waals surface area contributed by atoms with Crippen LogP contribution in [0.3, 0.4) is 0 Å². The maximum absolute atomic E-state index is 12.7. The minimum absolute atomic E-state index is 0.0334. The summed E-state index contributed by atoms with van der Waals surface area (Å²) >= 11 is 7.55. The fourth-order valence-corrected chi connectivity index (χ4v) is 4.55. The number of hydrogen-bond acceptors (Lipinski definition) is 5. The van der Waals surface area contributed by atoms with E-state index in [0.29, 0.717) is 12.2 Å². The minimum Gasteiger partial charge on any atom is -0.369 e. The third-order valence-corrected chi connectivity index (χ3v) is 6.39. The van der Waals surface area contributed by atoms with Crippen LogP contribution in [0.1, 0.15) is 21.1 Å². The second-order valence-electron chi connectivity index (χ2n) is 7.51. The number of anilines is 1. The smallest absolute Gasteiger partial charge is 0.273 e. The van der Waals surface area contributed by atoms with Crippen LogP contribution in [-0.4, -0.2) is 53.9 Å². The number of rotatable bonds is 6. The highest BCUT2D eigenvalue weighted by molar-refractivity contribution is 7.09. The molecule has 5 nitrogen and oxygen atoms in total. The van der Waals surface area contributed by atoms with Crippen molar-refractivity contribution in [1.82, 2.24) is 14.8 Å². The summed E-state index contributed by atoms with van der Waals surface area (Å²) in [4.78, 5) is 23.8. The molecule has 1 saturated heterocycles. The summed E-state index contributed by atoms with van der Waals surface area (Å²) in [6, 6.07) is 18.0. The van der Waals surface area contributed by atoms with Crippen LogP contribution in [0.25, 0.3) is 0 Å². The molecule has 30 heavy (non-hydrogen) atoms. The molecule has 2 aromatic carbocycles. The van der Waals surface area contributed by atoms with Gasteiger partial charge in [-0.3, -0.25) is 9.69 Å². The summed E-state index contributed by atoms with van der Waals surface area (Å²) in [6.07, 6.45) is 0. The number of amides is 1. The first kappa shape index (κ1) is 20.8. The van der Waals surface area contributed by atoms with Crippen LogP contribution in [0, 0.1) is 0 Å². The number of nitrogens with zero attached hydrogens (tertiary/aromatic N) is 4. The topological polar surface area (TPSA) is 39.7 Å². The molecule has 7 heteroatoms. The molecule has 0 bridgehead atoms. The number of thiazole rings is 1. The molecule has 1 fully saturated rings. The highest BCUT2D eigenvalue weighted by atomic mass is 35.5. The third-order valence-electron chi connectivity index (χ3n) is 5.30. The molecule has 2 heterocycles. The quantitative estimate of drug-likeness (QED) is 0.569. The van der Waals surface area contributed by atoms with E-state index in [4.69, 9.17) is 11.6 Å². The fraction of sp³-hybridized carbons (Fsp3) is 0.304. The molecule has 156 valence electrons. The van der Waals surface area contributed by atoms with Gasteiger partial charge in [0.05, 0.1) is 6.54 Å². The predicted molar refractivity (Wildman–Crippen MR) is 123 cm³/mol. The Morgan fingerprint density at radius 1 is 1.07 bits per heavy atom. The predicted octanol–water partition coefficient (Wildman–Crippen LogP) is 4.39. The van der Waals surface area contributed by atoms with Gasteiger partial charge < -0.3 is 9.80 Å². The zero-order chi connectivity index (χ0) is 20.9. The number of carbonyl (C=O) groups is 1. The van der Waals surface area contributed by atoms with Crippen LogP contribution >= 0.6 is 22.9 Å². The van der Waals surface area contributed by atoms with E-state index >= 15 is 0 Å². The van der Waals surface area contributed by atoms with Crippen molar-refractivity contribution < 1.29 is 4.79 Å². The van der Waals surface area contributed by atoms with Crippen molar-refractivity contribution in [3.63, 3.8) is 0 Å². The van der Waals surface area contributed by atoms with Gasteiger partial charge in [0.1, 0.15) is 10.7 Å². The van der Waals surface area contributed by atoms with Crippen LogP contribution in [0.5, 0.6) is 0 Å². The summed E-state index contributed by atoms with van der Waals surface area (Å²) in [6.45, 7) is 5.25. The molecule has 1 aliphatic heterocycles. The van der Waals surface area contributed by atoms with Crippen LogP contribution in [-0.2, 0) is 13.1 Å². The number of halogens is 1. The summed E-state index contributed by atoms with van der Waals surface area (Å²) in [5.41, 5.74) is 2.86. The Morgan fingerprint density at radius 2 is 1.77 bits per heavy atom. The van der Waals surface area contributed by atoms with E-state index < -0.39 is 0 Å². The number of benzene rings is 2. The second kappa shape index (κ2) is 9.60. The number of hydrogen-bond donors (Lipinski definition) is 0. The van der Waals surface area contributed by atoms with Gasteiger partial charge in [0.2, 0.25) is 0 Å². The Morgan fingerprint density at radius 3 is 2.47 bits per heavy atom. The van der Waals surface area contributed by atoms with Crippen LogP contribution in [0.15, 0.2) is 60.0 Å². The normalized spacial score (nSPS) is 14.7. The van der Waals surface area contributed by atoms with Gasteiger partial charge in [-0.25, -0.2) is 4.98 Å². The Balaban J connectivity index is 1.29. The monoisotopic (exact) mass is 440 g/mol. The highest BCUT2D eigenvalue weighted by Gasteiger charge is 2.20. The fourth-order valence-electron chi connectivity index (χ4n) is 3.61. The lowest BCUT2D eigenvalue weighted by Crippen LogP contribution is -2.45. The van der Waals surface area contributed by atoms with E-state index in [9.17, 15) is 4.79 Å². The van der Waals surface area contributed by atoms with E-state index in [1.165, 1.54) is 5.69 Å². The van der Waals surface area contributed by atoms with Gasteiger partial charge in [0, 0.05) is 55.9 Å². The lowest BCUT2D eigenvalue weighted by molar-refractivity contribution is 0.0779. The van der Waals surface area contributed by atoms with Gasteiger partial charge in [0.15, 0.2) is 0 Å². The zero-order valence-electron chi connectivity index (χ0n) is 17.0. The first-order chi connectivity index (χ1) is 14.6. The largest absolute Gasteiger partial charge is 0.369 e. The molecule has 1 aliphatic rings. The van der Waals surface area contributed by atoms with Gasteiger partial charge in [-0.2, -0.15) is 0 Å². The summed E-state index contributed by atoms with van der Waals surface area (Å²) in [5.74, 6) is -0.0334. The molecule has 0 spiro atoms. The molecule has 4 rings (SSSR count).